The van der Waals surface area contributed by atoms with E-state index in [9.17, 15) is 14.7 Å². The van der Waals surface area contributed by atoms with Crippen molar-refractivity contribution in [2.24, 2.45) is 0 Å². The normalized spacial score (nSPS) is 13.8. The zero-order valence-electron chi connectivity index (χ0n) is 18.9. The predicted molar refractivity (Wildman–Crippen MR) is 127 cm³/mol. The lowest BCUT2D eigenvalue weighted by Gasteiger charge is -2.26. The Balaban J connectivity index is 1.49. The second-order valence-corrected chi connectivity index (χ2v) is 8.33. The summed E-state index contributed by atoms with van der Waals surface area (Å²) in [5, 5.41) is 11.6. The van der Waals surface area contributed by atoms with Crippen molar-refractivity contribution in [2.75, 3.05) is 33.4 Å². The van der Waals surface area contributed by atoms with Gasteiger partial charge in [0.2, 0.25) is 5.91 Å². The average molecular weight is 448 g/mol. The molecule has 0 spiro atoms. The number of morpholine rings is 1. The molecule has 33 heavy (non-hydrogen) atoms. The van der Waals surface area contributed by atoms with Crippen LogP contribution >= 0.6 is 0 Å². The maximum Gasteiger partial charge on any atom is 0.335 e. The number of hydrogen-bond donors (Lipinski definition) is 1. The number of methoxy groups -OCH3 is 1. The second-order valence-electron chi connectivity index (χ2n) is 8.33. The van der Waals surface area contributed by atoms with Gasteiger partial charge in [-0.15, -0.1) is 0 Å². The van der Waals surface area contributed by atoms with Crippen molar-refractivity contribution in [3.8, 4) is 5.75 Å². The maximum absolute atomic E-state index is 12.4. The molecule has 1 N–H and O–H groups in total. The number of hydrogen-bond acceptors (Lipinski definition) is 4. The summed E-state index contributed by atoms with van der Waals surface area (Å²) in [6.45, 7) is 2.64. The molecule has 3 aromatic carbocycles. The Morgan fingerprint density at radius 2 is 1.85 bits per heavy atom. The highest BCUT2D eigenvalue weighted by molar-refractivity contribution is 5.89. The van der Waals surface area contributed by atoms with Crippen LogP contribution in [0.3, 0.4) is 0 Å². The molecule has 0 unspecified atom stereocenters. The van der Waals surface area contributed by atoms with Gasteiger partial charge < -0.3 is 19.5 Å². The summed E-state index contributed by atoms with van der Waals surface area (Å²) in [6.07, 6.45) is 2.84. The molecule has 0 aliphatic carbocycles. The monoisotopic (exact) mass is 447 g/mol. The van der Waals surface area contributed by atoms with Gasteiger partial charge in [0.15, 0.2) is 0 Å². The van der Waals surface area contributed by atoms with E-state index in [1.807, 2.05) is 17.0 Å². The highest BCUT2D eigenvalue weighted by Gasteiger charge is 2.16. The fraction of sp³-hybridized carbons (Fsp3) is 0.333. The first-order valence-electron chi connectivity index (χ1n) is 11.3. The number of aryl methyl sites for hydroxylation is 1. The number of amides is 1. The second kappa shape index (κ2) is 10.5. The van der Waals surface area contributed by atoms with Crippen molar-refractivity contribution >= 4 is 22.6 Å². The van der Waals surface area contributed by atoms with E-state index in [0.717, 1.165) is 29.4 Å². The van der Waals surface area contributed by atoms with E-state index in [2.05, 4.69) is 30.3 Å². The molecule has 0 atom stereocenters. The van der Waals surface area contributed by atoms with E-state index in [0.29, 0.717) is 44.9 Å². The number of carboxylic acids is 1. The van der Waals surface area contributed by atoms with Crippen LogP contribution in [0.5, 0.6) is 5.75 Å². The summed E-state index contributed by atoms with van der Waals surface area (Å²) in [7, 11) is 1.56. The van der Waals surface area contributed by atoms with Crippen LogP contribution in [-0.2, 0) is 22.4 Å². The lowest BCUT2D eigenvalue weighted by molar-refractivity contribution is -0.135. The van der Waals surface area contributed by atoms with Gasteiger partial charge in [0.05, 0.1) is 25.9 Å². The van der Waals surface area contributed by atoms with Crippen molar-refractivity contribution in [1.82, 2.24) is 4.90 Å². The third-order valence-corrected chi connectivity index (χ3v) is 6.17. The quantitative estimate of drug-likeness (QED) is 0.557. The largest absolute Gasteiger partial charge is 0.496 e. The standard InChI is InChI=1S/C27H29NO5/c1-32-25-18-23(27(30)31)11-10-22(25)17-21-6-3-5-20-9-8-19(16-24(20)21)4-2-7-26(29)28-12-14-33-15-13-28/h3,5-6,8-11,16,18H,2,4,7,12-15,17H2,1H3,(H,30,31). The topological polar surface area (TPSA) is 76.1 Å². The average Bonchev–Trinajstić information content (AvgIpc) is 2.85. The lowest BCUT2D eigenvalue weighted by Crippen LogP contribution is -2.40. The molecule has 0 saturated carbocycles. The first-order chi connectivity index (χ1) is 16.0. The van der Waals surface area contributed by atoms with Gasteiger partial charge in [-0.2, -0.15) is 0 Å². The summed E-state index contributed by atoms with van der Waals surface area (Å²) in [4.78, 5) is 25.6. The van der Waals surface area contributed by atoms with Gasteiger partial charge in [-0.05, 0) is 52.4 Å². The Morgan fingerprint density at radius 1 is 1.03 bits per heavy atom. The molecule has 1 saturated heterocycles. The minimum absolute atomic E-state index is 0.205. The van der Waals surface area contributed by atoms with Gasteiger partial charge in [0, 0.05) is 25.9 Å². The number of benzene rings is 3. The Kier molecular flexibility index (Phi) is 7.25. The van der Waals surface area contributed by atoms with Gasteiger partial charge in [-0.3, -0.25) is 4.79 Å². The number of rotatable bonds is 8. The molecule has 3 aromatic rings. The number of carboxylic acid groups (broad SMARTS) is 1. The molecule has 6 nitrogen and oxygen atoms in total. The van der Waals surface area contributed by atoms with Gasteiger partial charge in [-0.1, -0.05) is 42.5 Å². The highest BCUT2D eigenvalue weighted by atomic mass is 16.5. The summed E-state index contributed by atoms with van der Waals surface area (Å²) >= 11 is 0. The predicted octanol–water partition coefficient (Wildman–Crippen LogP) is 4.32. The van der Waals surface area contributed by atoms with Crippen LogP contribution in [0.2, 0.25) is 0 Å². The van der Waals surface area contributed by atoms with Crippen LogP contribution in [0.25, 0.3) is 10.8 Å². The molecule has 4 rings (SSSR count). The van der Waals surface area contributed by atoms with Crippen molar-refractivity contribution in [3.63, 3.8) is 0 Å². The Labute approximate surface area is 193 Å². The van der Waals surface area contributed by atoms with Crippen molar-refractivity contribution in [2.45, 2.75) is 25.7 Å². The Bertz CT molecular complexity index is 1150. The summed E-state index contributed by atoms with van der Waals surface area (Å²) < 4.78 is 10.8. The van der Waals surface area contributed by atoms with Crippen LogP contribution in [0, 0.1) is 0 Å². The van der Waals surface area contributed by atoms with E-state index in [4.69, 9.17) is 9.47 Å². The van der Waals surface area contributed by atoms with Crippen LogP contribution in [-0.4, -0.2) is 55.3 Å². The van der Waals surface area contributed by atoms with Crippen LogP contribution in [0.1, 0.15) is 39.9 Å². The lowest BCUT2D eigenvalue weighted by atomic mass is 9.95. The molecule has 1 amide bonds. The molecule has 1 fully saturated rings. The van der Waals surface area contributed by atoms with E-state index in [1.165, 1.54) is 10.9 Å². The summed E-state index contributed by atoms with van der Waals surface area (Å²) in [5.74, 6) is -0.192. The van der Waals surface area contributed by atoms with Crippen molar-refractivity contribution in [3.05, 3.63) is 76.9 Å². The molecule has 0 bridgehead atoms. The van der Waals surface area contributed by atoms with Crippen molar-refractivity contribution < 1.29 is 24.2 Å². The Morgan fingerprint density at radius 3 is 2.61 bits per heavy atom. The minimum Gasteiger partial charge on any atom is -0.496 e. The van der Waals surface area contributed by atoms with Crippen LogP contribution in [0.15, 0.2) is 54.6 Å². The fourth-order valence-corrected chi connectivity index (χ4v) is 4.34. The first-order valence-corrected chi connectivity index (χ1v) is 11.3. The number of aromatic carboxylic acids is 1. The molecular weight excluding hydrogens is 418 g/mol. The molecule has 1 heterocycles. The Hall–Kier alpha value is -3.38. The number of ether oxygens (including phenoxy) is 2. The number of carbonyl (C=O) groups excluding carboxylic acids is 1. The summed E-state index contributed by atoms with van der Waals surface area (Å²) in [6, 6.07) is 17.7. The summed E-state index contributed by atoms with van der Waals surface area (Å²) in [5.41, 5.74) is 3.51. The SMILES string of the molecule is COc1cc(C(=O)O)ccc1Cc1cccc2ccc(CCCC(=O)N3CCOCC3)cc12. The number of carbonyl (C=O) groups is 2. The highest BCUT2D eigenvalue weighted by Crippen LogP contribution is 2.28. The van der Waals surface area contributed by atoms with Gasteiger partial charge in [-0.25, -0.2) is 4.79 Å². The molecule has 172 valence electrons. The smallest absolute Gasteiger partial charge is 0.335 e. The van der Waals surface area contributed by atoms with E-state index < -0.39 is 5.97 Å². The van der Waals surface area contributed by atoms with Gasteiger partial charge in [0.25, 0.3) is 0 Å². The molecule has 0 radical (unpaired) electrons. The number of nitrogens with zero attached hydrogens (tertiary/aromatic N) is 1. The fourth-order valence-electron chi connectivity index (χ4n) is 4.34. The maximum atomic E-state index is 12.4. The van der Waals surface area contributed by atoms with Crippen molar-refractivity contribution in [1.29, 1.82) is 0 Å². The third-order valence-electron chi connectivity index (χ3n) is 6.17. The molecule has 1 aliphatic rings. The third kappa shape index (κ3) is 5.52. The molecule has 6 heteroatoms. The van der Waals surface area contributed by atoms with Gasteiger partial charge in [0.1, 0.15) is 5.75 Å². The molecule has 1 aliphatic heterocycles. The van der Waals surface area contributed by atoms with E-state index in [1.54, 1.807) is 19.2 Å². The first kappa shape index (κ1) is 22.8. The minimum atomic E-state index is -0.971. The van der Waals surface area contributed by atoms with Gasteiger partial charge >= 0.3 is 5.97 Å². The zero-order valence-corrected chi connectivity index (χ0v) is 18.9. The zero-order chi connectivity index (χ0) is 23.2. The van der Waals surface area contributed by atoms with E-state index in [-0.39, 0.29) is 11.5 Å². The molecular formula is C27H29NO5. The number of fused-ring (bicyclic) bond motifs is 1. The van der Waals surface area contributed by atoms with E-state index >= 15 is 0 Å². The molecule has 0 aromatic heterocycles. The van der Waals surface area contributed by atoms with Crippen LogP contribution in [0.4, 0.5) is 0 Å². The van der Waals surface area contributed by atoms with Crippen LogP contribution < -0.4 is 4.74 Å².